The smallest absolute Gasteiger partial charge is 0.233 e. The number of imide groups is 1. The van der Waals surface area contributed by atoms with Crippen LogP contribution >= 0.6 is 0 Å². The molecule has 2 rings (SSSR count). The number of aliphatic hydroxyl groups is 1. The molecule has 1 saturated carbocycles. The van der Waals surface area contributed by atoms with Crippen molar-refractivity contribution in [1.29, 1.82) is 0 Å². The van der Waals surface area contributed by atoms with E-state index in [1.165, 1.54) is 4.90 Å². The minimum absolute atomic E-state index is 0.00354. The van der Waals surface area contributed by atoms with Crippen LogP contribution in [0.1, 0.15) is 19.8 Å². The summed E-state index contributed by atoms with van der Waals surface area (Å²) in [5, 5.41) is 8.71. The van der Waals surface area contributed by atoms with E-state index < -0.39 is 0 Å². The first-order chi connectivity index (χ1) is 6.65. The number of likely N-dealkylation sites (tertiary alicyclic amines) is 1. The van der Waals surface area contributed by atoms with Crippen molar-refractivity contribution >= 4 is 11.8 Å². The van der Waals surface area contributed by atoms with E-state index >= 15 is 0 Å². The molecule has 4 heteroatoms. The Hall–Kier alpha value is -0.900. The molecule has 78 valence electrons. The largest absolute Gasteiger partial charge is 0.396 e. The van der Waals surface area contributed by atoms with Gasteiger partial charge in [0.05, 0.1) is 11.8 Å². The van der Waals surface area contributed by atoms with E-state index in [2.05, 4.69) is 0 Å². The van der Waals surface area contributed by atoms with Gasteiger partial charge in [-0.3, -0.25) is 14.5 Å². The molecule has 3 unspecified atom stereocenters. The molecule has 1 aliphatic heterocycles. The SMILES string of the molecule is CC(CCO)CN1C(=O)C2CC2C1=O. The first-order valence-corrected chi connectivity index (χ1v) is 5.11. The van der Waals surface area contributed by atoms with Gasteiger partial charge in [0.2, 0.25) is 11.8 Å². The van der Waals surface area contributed by atoms with Crippen molar-refractivity contribution in [3.63, 3.8) is 0 Å². The maximum atomic E-state index is 11.5. The van der Waals surface area contributed by atoms with Crippen molar-refractivity contribution in [1.82, 2.24) is 4.90 Å². The van der Waals surface area contributed by atoms with E-state index in [1.54, 1.807) is 0 Å². The van der Waals surface area contributed by atoms with Gasteiger partial charge in [0.25, 0.3) is 0 Å². The van der Waals surface area contributed by atoms with Crippen LogP contribution < -0.4 is 0 Å². The molecule has 0 aromatic heterocycles. The minimum atomic E-state index is 0.00354. The number of carbonyl (C=O) groups is 2. The van der Waals surface area contributed by atoms with Crippen molar-refractivity contribution in [3.8, 4) is 0 Å². The Labute approximate surface area is 82.9 Å². The Morgan fingerprint density at radius 1 is 1.43 bits per heavy atom. The van der Waals surface area contributed by atoms with Crippen LogP contribution in [0.2, 0.25) is 0 Å². The van der Waals surface area contributed by atoms with Crippen LogP contribution in [0, 0.1) is 17.8 Å². The highest BCUT2D eigenvalue weighted by Crippen LogP contribution is 2.47. The normalized spacial score (nSPS) is 32.0. The van der Waals surface area contributed by atoms with Gasteiger partial charge in [0.1, 0.15) is 0 Å². The van der Waals surface area contributed by atoms with Crippen molar-refractivity contribution < 1.29 is 14.7 Å². The molecule has 1 heterocycles. The number of piperidine rings is 1. The molecule has 0 spiro atoms. The quantitative estimate of drug-likeness (QED) is 0.646. The van der Waals surface area contributed by atoms with E-state index in [4.69, 9.17) is 5.11 Å². The maximum Gasteiger partial charge on any atom is 0.233 e. The number of fused-ring (bicyclic) bond motifs is 1. The molecule has 0 bridgehead atoms. The Morgan fingerprint density at radius 3 is 2.50 bits per heavy atom. The van der Waals surface area contributed by atoms with Crippen LogP contribution in [0.25, 0.3) is 0 Å². The minimum Gasteiger partial charge on any atom is -0.396 e. The van der Waals surface area contributed by atoms with Crippen molar-refractivity contribution in [3.05, 3.63) is 0 Å². The van der Waals surface area contributed by atoms with Crippen molar-refractivity contribution in [2.24, 2.45) is 17.8 Å². The number of hydrogen-bond donors (Lipinski definition) is 1. The molecule has 14 heavy (non-hydrogen) atoms. The zero-order chi connectivity index (χ0) is 10.3. The maximum absolute atomic E-state index is 11.5. The zero-order valence-electron chi connectivity index (χ0n) is 8.27. The van der Waals surface area contributed by atoms with Crippen LogP contribution in [0.3, 0.4) is 0 Å². The molecule has 2 amide bonds. The molecule has 0 aromatic rings. The molecule has 0 aromatic carbocycles. The van der Waals surface area contributed by atoms with Gasteiger partial charge in [-0.05, 0) is 18.8 Å². The fraction of sp³-hybridized carbons (Fsp3) is 0.800. The molecule has 1 saturated heterocycles. The van der Waals surface area contributed by atoms with Crippen LogP contribution in [-0.4, -0.2) is 35.0 Å². The van der Waals surface area contributed by atoms with Crippen LogP contribution in [0.15, 0.2) is 0 Å². The standard InChI is InChI=1S/C10H15NO3/c1-6(2-3-12)5-11-9(13)7-4-8(7)10(11)14/h6-8,12H,2-5H2,1H3. The molecule has 0 radical (unpaired) electrons. The lowest BCUT2D eigenvalue weighted by Gasteiger charge is -2.20. The number of hydrogen-bond acceptors (Lipinski definition) is 3. The van der Waals surface area contributed by atoms with E-state index in [0.717, 1.165) is 6.42 Å². The monoisotopic (exact) mass is 197 g/mol. The van der Waals surface area contributed by atoms with Crippen molar-refractivity contribution in [2.75, 3.05) is 13.2 Å². The van der Waals surface area contributed by atoms with Gasteiger partial charge < -0.3 is 5.11 Å². The van der Waals surface area contributed by atoms with Crippen LogP contribution in [0.4, 0.5) is 0 Å². The summed E-state index contributed by atoms with van der Waals surface area (Å²) in [6.07, 6.45) is 1.41. The Bertz CT molecular complexity index is 257. The number of amides is 2. The number of carbonyl (C=O) groups excluding carboxylic acids is 2. The molecular formula is C10H15NO3. The fourth-order valence-electron chi connectivity index (χ4n) is 2.05. The molecule has 1 N–H and O–H groups in total. The topological polar surface area (TPSA) is 57.6 Å². The van der Waals surface area contributed by atoms with Gasteiger partial charge in [0.15, 0.2) is 0 Å². The highest BCUT2D eigenvalue weighted by molar-refractivity contribution is 6.08. The molecule has 1 aliphatic carbocycles. The van der Waals surface area contributed by atoms with E-state index in [9.17, 15) is 9.59 Å². The predicted octanol–water partition coefficient (Wildman–Crippen LogP) is 0.00980. The average molecular weight is 197 g/mol. The Morgan fingerprint density at radius 2 is 2.00 bits per heavy atom. The van der Waals surface area contributed by atoms with Crippen LogP contribution in [0.5, 0.6) is 0 Å². The van der Waals surface area contributed by atoms with Gasteiger partial charge in [-0.1, -0.05) is 6.92 Å². The second-order valence-electron chi connectivity index (χ2n) is 4.35. The summed E-state index contributed by atoms with van der Waals surface area (Å²) in [6, 6.07) is 0. The Kier molecular flexibility index (Phi) is 2.31. The summed E-state index contributed by atoms with van der Waals surface area (Å²) in [5.74, 6) is 0.215. The van der Waals surface area contributed by atoms with Gasteiger partial charge in [-0.15, -0.1) is 0 Å². The summed E-state index contributed by atoms with van der Waals surface area (Å²) >= 11 is 0. The van der Waals surface area contributed by atoms with Gasteiger partial charge in [-0.25, -0.2) is 0 Å². The third-order valence-corrected chi connectivity index (χ3v) is 3.07. The third-order valence-electron chi connectivity index (χ3n) is 3.07. The molecule has 2 fully saturated rings. The Balaban J connectivity index is 1.92. The highest BCUT2D eigenvalue weighted by atomic mass is 16.3. The summed E-state index contributed by atoms with van der Waals surface area (Å²) in [7, 11) is 0. The zero-order valence-corrected chi connectivity index (χ0v) is 8.27. The van der Waals surface area contributed by atoms with E-state index in [1.807, 2.05) is 6.92 Å². The van der Waals surface area contributed by atoms with Gasteiger partial charge in [0, 0.05) is 13.2 Å². The highest BCUT2D eigenvalue weighted by Gasteiger charge is 2.58. The van der Waals surface area contributed by atoms with E-state index in [-0.39, 0.29) is 36.2 Å². The lowest BCUT2D eigenvalue weighted by atomic mass is 10.1. The number of rotatable bonds is 4. The second-order valence-corrected chi connectivity index (χ2v) is 4.35. The summed E-state index contributed by atoms with van der Waals surface area (Å²) in [5.41, 5.74) is 0. The number of nitrogens with zero attached hydrogens (tertiary/aromatic N) is 1. The first-order valence-electron chi connectivity index (χ1n) is 5.11. The molecule has 4 nitrogen and oxygen atoms in total. The van der Waals surface area contributed by atoms with E-state index in [0.29, 0.717) is 13.0 Å². The van der Waals surface area contributed by atoms with Crippen molar-refractivity contribution in [2.45, 2.75) is 19.8 Å². The average Bonchev–Trinajstić information content (AvgIpc) is 2.87. The molecule has 2 aliphatic rings. The van der Waals surface area contributed by atoms with Crippen LogP contribution in [-0.2, 0) is 9.59 Å². The fourth-order valence-corrected chi connectivity index (χ4v) is 2.05. The second kappa shape index (κ2) is 3.35. The van der Waals surface area contributed by atoms with Gasteiger partial charge in [-0.2, -0.15) is 0 Å². The summed E-state index contributed by atoms with van der Waals surface area (Å²) in [6.45, 7) is 2.54. The molecule has 3 atom stereocenters. The molecular weight excluding hydrogens is 182 g/mol. The summed E-state index contributed by atoms with van der Waals surface area (Å²) in [4.78, 5) is 24.5. The number of aliphatic hydroxyl groups excluding tert-OH is 1. The first kappa shape index (κ1) is 9.65. The lowest BCUT2D eigenvalue weighted by Crippen LogP contribution is -2.36. The van der Waals surface area contributed by atoms with Gasteiger partial charge >= 0.3 is 0 Å². The summed E-state index contributed by atoms with van der Waals surface area (Å²) < 4.78 is 0. The third kappa shape index (κ3) is 1.43. The lowest BCUT2D eigenvalue weighted by molar-refractivity contribution is -0.142. The predicted molar refractivity (Wildman–Crippen MR) is 49.2 cm³/mol.